The zero-order chi connectivity index (χ0) is 12.8. The van der Waals surface area contributed by atoms with E-state index in [0.717, 1.165) is 7.11 Å². The summed E-state index contributed by atoms with van der Waals surface area (Å²) >= 11 is 0. The molecule has 1 unspecified atom stereocenters. The maximum absolute atomic E-state index is 12.2. The number of rotatable bonds is 7. The van der Waals surface area contributed by atoms with E-state index in [-0.39, 0.29) is 13.2 Å². The van der Waals surface area contributed by atoms with Crippen LogP contribution in [0.1, 0.15) is 20.8 Å². The Kier molecular flexibility index (Phi) is 6.83. The summed E-state index contributed by atoms with van der Waals surface area (Å²) in [6, 6.07) is 0. The summed E-state index contributed by atoms with van der Waals surface area (Å²) in [7, 11) is -2.53. The predicted molar refractivity (Wildman–Crippen MR) is 58.3 cm³/mol. The quantitative estimate of drug-likeness (QED) is 0.542. The zero-order valence-corrected chi connectivity index (χ0v) is 10.9. The molecule has 0 aromatic rings. The summed E-state index contributed by atoms with van der Waals surface area (Å²) in [6.45, 7) is 4.84. The van der Waals surface area contributed by atoms with Crippen LogP contribution in [0, 0.1) is 0 Å². The van der Waals surface area contributed by atoms with Gasteiger partial charge in [-0.1, -0.05) is 0 Å². The molecule has 0 aliphatic carbocycles. The number of esters is 1. The molecule has 96 valence electrons. The van der Waals surface area contributed by atoms with Crippen LogP contribution < -0.4 is 0 Å². The highest BCUT2D eigenvalue weighted by molar-refractivity contribution is 7.55. The lowest BCUT2D eigenvalue weighted by molar-refractivity contribution is -0.142. The Labute approximate surface area is 95.4 Å². The Bertz CT molecular complexity index is 255. The highest BCUT2D eigenvalue weighted by Crippen LogP contribution is 2.54. The molecule has 0 aliphatic heterocycles. The zero-order valence-electron chi connectivity index (χ0n) is 10.0. The molecule has 0 bridgehead atoms. The highest BCUT2D eigenvalue weighted by Gasteiger charge is 2.45. The number of carbonyl (C=O) groups excluding carboxylic acids is 1. The van der Waals surface area contributed by atoms with Crippen molar-refractivity contribution in [3.05, 3.63) is 0 Å². The average Bonchev–Trinajstić information content (AvgIpc) is 2.17. The topological polar surface area (TPSA) is 82.1 Å². The fourth-order valence-electron chi connectivity index (χ4n) is 1.27. The van der Waals surface area contributed by atoms with Crippen molar-refractivity contribution in [2.45, 2.75) is 32.5 Å². The fraction of sp³-hybridized carbons (Fsp3) is 0.889. The van der Waals surface area contributed by atoms with Crippen molar-refractivity contribution in [2.24, 2.45) is 0 Å². The minimum Gasteiger partial charge on any atom is -0.468 e. The number of hydrogen-bond acceptors (Lipinski definition) is 6. The number of ether oxygens (including phenoxy) is 1. The second-order valence-electron chi connectivity index (χ2n) is 3.08. The van der Waals surface area contributed by atoms with Crippen LogP contribution in [-0.4, -0.2) is 43.2 Å². The minimum absolute atomic E-state index is 0.123. The molecule has 0 spiro atoms. The van der Waals surface area contributed by atoms with Crippen LogP contribution in [0.2, 0.25) is 0 Å². The van der Waals surface area contributed by atoms with Crippen molar-refractivity contribution in [2.75, 3.05) is 20.3 Å². The lowest BCUT2D eigenvalue weighted by atomic mass is 10.3. The van der Waals surface area contributed by atoms with E-state index in [4.69, 9.17) is 9.05 Å². The van der Waals surface area contributed by atoms with Gasteiger partial charge < -0.3 is 18.9 Å². The van der Waals surface area contributed by atoms with Gasteiger partial charge in [0.25, 0.3) is 0 Å². The molecule has 0 fully saturated rings. The molecule has 0 rings (SSSR count). The predicted octanol–water partition coefficient (Wildman–Crippen LogP) is 1.17. The van der Waals surface area contributed by atoms with Gasteiger partial charge in [0, 0.05) is 0 Å². The first-order chi connectivity index (χ1) is 7.42. The van der Waals surface area contributed by atoms with Gasteiger partial charge in [-0.05, 0) is 20.8 Å². The van der Waals surface area contributed by atoms with Gasteiger partial charge in [-0.3, -0.25) is 9.36 Å². The van der Waals surface area contributed by atoms with Gasteiger partial charge in [-0.15, -0.1) is 0 Å². The van der Waals surface area contributed by atoms with Crippen LogP contribution >= 0.6 is 7.60 Å². The van der Waals surface area contributed by atoms with Crippen LogP contribution in [0.5, 0.6) is 0 Å². The molecule has 6 nitrogen and oxygen atoms in total. The van der Waals surface area contributed by atoms with Crippen molar-refractivity contribution >= 4 is 13.6 Å². The Balaban J connectivity index is 5.09. The van der Waals surface area contributed by atoms with Gasteiger partial charge >= 0.3 is 13.6 Å². The molecule has 7 heteroatoms. The summed E-state index contributed by atoms with van der Waals surface area (Å²) in [5, 5.41) is 9.47. The van der Waals surface area contributed by atoms with Gasteiger partial charge in [0.05, 0.1) is 26.4 Å². The van der Waals surface area contributed by atoms with Gasteiger partial charge in [0.2, 0.25) is 0 Å². The molecule has 1 N–H and O–H groups in total. The third-order valence-electron chi connectivity index (χ3n) is 1.86. The third-order valence-corrected chi connectivity index (χ3v) is 4.42. The number of methoxy groups -OCH3 is 1. The van der Waals surface area contributed by atoms with Crippen molar-refractivity contribution < 1.29 is 28.3 Å². The van der Waals surface area contributed by atoms with E-state index in [1.165, 1.54) is 6.92 Å². The van der Waals surface area contributed by atoms with E-state index in [1.807, 2.05) is 0 Å². The SMILES string of the molecule is CCOP(=O)(OCC)[C@@H](C(=O)OC)C(C)O. The largest absolute Gasteiger partial charge is 0.468 e. The standard InChI is InChI=1S/C9H19O6P/c1-5-14-16(12,15-6-2)8(7(3)10)9(11)13-4/h7-8,10H,5-6H2,1-4H3/t7?,8-/m1/s1. The maximum atomic E-state index is 12.2. The smallest absolute Gasteiger partial charge is 0.347 e. The number of aliphatic hydroxyl groups excluding tert-OH is 1. The molecular formula is C9H19O6P. The van der Waals surface area contributed by atoms with Crippen LogP contribution in [-0.2, 0) is 23.1 Å². The summed E-state index contributed by atoms with van der Waals surface area (Å²) in [5.74, 6) is -0.805. The second-order valence-corrected chi connectivity index (χ2v) is 5.24. The molecule has 16 heavy (non-hydrogen) atoms. The van der Waals surface area contributed by atoms with Gasteiger partial charge in [-0.2, -0.15) is 0 Å². The number of aliphatic hydroxyl groups is 1. The molecule has 0 aromatic carbocycles. The van der Waals surface area contributed by atoms with Crippen molar-refractivity contribution in [3.8, 4) is 0 Å². The normalized spacial score (nSPS) is 15.6. The van der Waals surface area contributed by atoms with Crippen LogP contribution in [0.15, 0.2) is 0 Å². The maximum Gasteiger partial charge on any atom is 0.347 e. The van der Waals surface area contributed by atoms with E-state index in [9.17, 15) is 14.5 Å². The molecule has 0 aromatic heterocycles. The summed E-state index contributed by atoms with van der Waals surface area (Å²) in [4.78, 5) is 11.4. The van der Waals surface area contributed by atoms with Gasteiger partial charge in [-0.25, -0.2) is 0 Å². The van der Waals surface area contributed by atoms with E-state index in [2.05, 4.69) is 4.74 Å². The average molecular weight is 254 g/mol. The third kappa shape index (κ3) is 3.87. The molecule has 0 radical (unpaired) electrons. The van der Waals surface area contributed by atoms with Crippen molar-refractivity contribution in [1.29, 1.82) is 0 Å². The Hall–Kier alpha value is -0.420. The molecule has 0 heterocycles. The Morgan fingerprint density at radius 2 is 1.75 bits per heavy atom. The number of carbonyl (C=O) groups is 1. The molecule has 0 aliphatic rings. The first kappa shape index (κ1) is 15.6. The Morgan fingerprint density at radius 3 is 2.00 bits per heavy atom. The fourth-order valence-corrected chi connectivity index (χ4v) is 3.28. The monoisotopic (exact) mass is 254 g/mol. The molecule has 0 saturated carbocycles. The molecular weight excluding hydrogens is 235 g/mol. The van der Waals surface area contributed by atoms with E-state index in [0.29, 0.717) is 0 Å². The summed E-state index contributed by atoms with van der Waals surface area (Å²) in [5.41, 5.74) is -1.31. The van der Waals surface area contributed by atoms with Crippen LogP contribution in [0.3, 0.4) is 0 Å². The van der Waals surface area contributed by atoms with Gasteiger partial charge in [0.1, 0.15) is 0 Å². The van der Waals surface area contributed by atoms with Crippen molar-refractivity contribution in [1.82, 2.24) is 0 Å². The lowest BCUT2D eigenvalue weighted by Crippen LogP contribution is -2.34. The highest BCUT2D eigenvalue weighted by atomic mass is 31.2. The first-order valence-electron chi connectivity index (χ1n) is 5.07. The molecule has 0 amide bonds. The lowest BCUT2D eigenvalue weighted by Gasteiger charge is -2.25. The van der Waals surface area contributed by atoms with Gasteiger partial charge in [0.15, 0.2) is 5.66 Å². The minimum atomic E-state index is -3.68. The summed E-state index contributed by atoms with van der Waals surface area (Å²) in [6.07, 6.45) is -1.17. The summed E-state index contributed by atoms with van der Waals surface area (Å²) < 4.78 is 26.7. The second kappa shape index (κ2) is 7.01. The number of hydrogen-bond donors (Lipinski definition) is 1. The van der Waals surface area contributed by atoms with Crippen LogP contribution in [0.4, 0.5) is 0 Å². The first-order valence-corrected chi connectivity index (χ1v) is 6.68. The van der Waals surface area contributed by atoms with E-state index < -0.39 is 25.3 Å². The van der Waals surface area contributed by atoms with E-state index >= 15 is 0 Å². The van der Waals surface area contributed by atoms with Crippen LogP contribution in [0.25, 0.3) is 0 Å². The van der Waals surface area contributed by atoms with Crippen molar-refractivity contribution in [3.63, 3.8) is 0 Å². The molecule has 2 atom stereocenters. The molecule has 0 saturated heterocycles. The Morgan fingerprint density at radius 1 is 1.31 bits per heavy atom. The van der Waals surface area contributed by atoms with E-state index in [1.54, 1.807) is 13.8 Å².